The number of benzene rings is 1. The van der Waals surface area contributed by atoms with Gasteiger partial charge in [-0.3, -0.25) is 5.10 Å². The average molecular weight is 350 g/mol. The van der Waals surface area contributed by atoms with Crippen LogP contribution < -0.4 is 5.73 Å². The highest BCUT2D eigenvalue weighted by Gasteiger charge is 2.17. The van der Waals surface area contributed by atoms with E-state index in [2.05, 4.69) is 38.3 Å². The maximum absolute atomic E-state index is 6.04. The second kappa shape index (κ2) is 6.62. The monoisotopic (exact) mass is 349 g/mol. The molecular weight excluding hydrogens is 330 g/mol. The number of hydrogen-bond donors (Lipinski definition) is 2. The summed E-state index contributed by atoms with van der Waals surface area (Å²) in [5, 5.41) is 7.27. The quantitative estimate of drug-likeness (QED) is 0.878. The van der Waals surface area contributed by atoms with E-state index < -0.39 is 0 Å². The number of aromatic nitrogens is 2. The van der Waals surface area contributed by atoms with Gasteiger partial charge < -0.3 is 10.5 Å². The maximum Gasteiger partial charge on any atom is 0.153 e. The largest absolute Gasteiger partial charge is 0.382 e. The van der Waals surface area contributed by atoms with Crippen molar-refractivity contribution in [2.24, 2.45) is 0 Å². The highest BCUT2D eigenvalue weighted by atomic mass is 79.9. The highest BCUT2D eigenvalue weighted by molar-refractivity contribution is 9.10. The summed E-state index contributed by atoms with van der Waals surface area (Å²) in [6.07, 6.45) is 5.93. The zero-order valence-electron chi connectivity index (χ0n) is 11.9. The predicted octanol–water partition coefficient (Wildman–Crippen LogP) is 3.92. The van der Waals surface area contributed by atoms with Gasteiger partial charge in [-0.1, -0.05) is 28.1 Å². The molecule has 0 bridgehead atoms. The van der Waals surface area contributed by atoms with Gasteiger partial charge in [0.05, 0.1) is 6.10 Å². The Bertz CT molecular complexity index is 605. The van der Waals surface area contributed by atoms with Crippen molar-refractivity contribution in [3.63, 3.8) is 0 Å². The van der Waals surface area contributed by atoms with Gasteiger partial charge in [0.2, 0.25) is 0 Å². The number of nitrogens with two attached hydrogens (primary N) is 1. The molecule has 0 radical (unpaired) electrons. The first-order valence-corrected chi connectivity index (χ1v) is 8.23. The smallest absolute Gasteiger partial charge is 0.153 e. The first-order chi connectivity index (χ1) is 10.2. The molecule has 4 nitrogen and oxygen atoms in total. The lowest BCUT2D eigenvalue weighted by atomic mass is 9.99. The minimum absolute atomic E-state index is 0.374. The van der Waals surface area contributed by atoms with Crippen LogP contribution in [0.5, 0.6) is 0 Å². The highest BCUT2D eigenvalue weighted by Crippen LogP contribution is 2.31. The van der Waals surface area contributed by atoms with Gasteiger partial charge in [0.1, 0.15) is 0 Å². The first-order valence-electron chi connectivity index (χ1n) is 7.44. The number of halogens is 1. The molecule has 3 N–H and O–H groups in total. The first kappa shape index (κ1) is 14.6. The molecule has 0 aliphatic carbocycles. The van der Waals surface area contributed by atoms with Crippen molar-refractivity contribution in [2.75, 3.05) is 12.3 Å². The summed E-state index contributed by atoms with van der Waals surface area (Å²) >= 11 is 3.51. The number of aromatic amines is 1. The van der Waals surface area contributed by atoms with Crippen LogP contribution in [0, 0.1) is 0 Å². The van der Waals surface area contributed by atoms with Crippen LogP contribution in [0.1, 0.15) is 31.4 Å². The lowest BCUT2D eigenvalue weighted by Crippen LogP contribution is -2.19. The summed E-state index contributed by atoms with van der Waals surface area (Å²) in [6.45, 7) is 0.897. The van der Waals surface area contributed by atoms with Crippen molar-refractivity contribution >= 4 is 21.7 Å². The van der Waals surface area contributed by atoms with Crippen molar-refractivity contribution in [3.05, 3.63) is 34.4 Å². The normalized spacial score (nSPS) is 18.8. The summed E-state index contributed by atoms with van der Waals surface area (Å²) in [5.41, 5.74) is 9.25. The third kappa shape index (κ3) is 3.47. The van der Waals surface area contributed by atoms with Crippen LogP contribution in [0.3, 0.4) is 0 Å². The zero-order chi connectivity index (χ0) is 14.7. The number of nitrogen functional groups attached to an aromatic ring is 1. The fourth-order valence-corrected chi connectivity index (χ4v) is 3.28. The van der Waals surface area contributed by atoms with Gasteiger partial charge in [-0.25, -0.2) is 0 Å². The molecule has 1 aliphatic heterocycles. The van der Waals surface area contributed by atoms with Crippen molar-refractivity contribution in [2.45, 2.75) is 38.2 Å². The van der Waals surface area contributed by atoms with E-state index in [9.17, 15) is 0 Å². The topological polar surface area (TPSA) is 63.9 Å². The minimum atomic E-state index is 0.374. The van der Waals surface area contributed by atoms with Crippen molar-refractivity contribution in [3.8, 4) is 11.1 Å². The van der Waals surface area contributed by atoms with E-state index in [0.717, 1.165) is 47.2 Å². The third-order valence-electron chi connectivity index (χ3n) is 3.97. The van der Waals surface area contributed by atoms with E-state index in [1.807, 2.05) is 12.1 Å². The lowest BCUT2D eigenvalue weighted by molar-refractivity contribution is 0.0114. The van der Waals surface area contributed by atoms with Gasteiger partial charge in [-0.2, -0.15) is 5.10 Å². The molecule has 5 heteroatoms. The summed E-state index contributed by atoms with van der Waals surface area (Å²) < 4.78 is 6.84. The van der Waals surface area contributed by atoms with Crippen LogP contribution in [0.15, 0.2) is 28.7 Å². The molecule has 1 aromatic carbocycles. The van der Waals surface area contributed by atoms with E-state index in [1.54, 1.807) is 0 Å². The van der Waals surface area contributed by atoms with E-state index in [1.165, 1.54) is 12.8 Å². The van der Waals surface area contributed by atoms with Crippen LogP contribution in [0.2, 0.25) is 0 Å². The van der Waals surface area contributed by atoms with Crippen LogP contribution >= 0.6 is 15.9 Å². The Kier molecular flexibility index (Phi) is 4.60. The molecule has 1 unspecified atom stereocenters. The molecule has 1 aliphatic rings. The Morgan fingerprint density at radius 2 is 2.29 bits per heavy atom. The molecule has 112 valence electrons. The van der Waals surface area contributed by atoms with E-state index in [0.29, 0.717) is 11.9 Å². The SMILES string of the molecule is Nc1n[nH]c(CCC2CCCCO2)c1-c1cccc(Br)c1. The summed E-state index contributed by atoms with van der Waals surface area (Å²) in [7, 11) is 0. The average Bonchev–Trinajstić information content (AvgIpc) is 2.87. The number of nitrogens with one attached hydrogen (secondary N) is 1. The van der Waals surface area contributed by atoms with Gasteiger partial charge >= 0.3 is 0 Å². The minimum Gasteiger partial charge on any atom is -0.382 e. The van der Waals surface area contributed by atoms with Gasteiger partial charge in [0.15, 0.2) is 5.82 Å². The maximum atomic E-state index is 6.04. The van der Waals surface area contributed by atoms with Crippen molar-refractivity contribution < 1.29 is 4.74 Å². The number of nitrogens with zero attached hydrogens (tertiary/aromatic N) is 1. The van der Waals surface area contributed by atoms with Gasteiger partial charge in [0.25, 0.3) is 0 Å². The molecule has 0 amide bonds. The number of aryl methyl sites for hydroxylation is 1. The summed E-state index contributed by atoms with van der Waals surface area (Å²) in [5.74, 6) is 0.563. The lowest BCUT2D eigenvalue weighted by Gasteiger charge is -2.22. The van der Waals surface area contributed by atoms with E-state index in [-0.39, 0.29) is 0 Å². The fourth-order valence-electron chi connectivity index (χ4n) is 2.88. The molecule has 1 atom stereocenters. The third-order valence-corrected chi connectivity index (χ3v) is 4.47. The fraction of sp³-hybridized carbons (Fsp3) is 0.438. The molecule has 3 rings (SSSR count). The van der Waals surface area contributed by atoms with Crippen molar-refractivity contribution in [1.82, 2.24) is 10.2 Å². The molecule has 1 saturated heterocycles. The molecule has 2 heterocycles. The molecule has 0 spiro atoms. The van der Waals surface area contributed by atoms with Crippen LogP contribution in [-0.2, 0) is 11.2 Å². The Hall–Kier alpha value is -1.33. The standard InChI is InChI=1S/C16H20BrN3O/c17-12-5-3-4-11(10-12)15-14(19-20-16(15)18)8-7-13-6-1-2-9-21-13/h3-5,10,13H,1-2,6-9H2,(H3,18,19,20). The Morgan fingerprint density at radius 3 is 3.05 bits per heavy atom. The number of rotatable bonds is 4. The Labute approximate surface area is 133 Å². The summed E-state index contributed by atoms with van der Waals surface area (Å²) in [6, 6.07) is 8.16. The number of H-pyrrole nitrogens is 1. The second-order valence-electron chi connectivity index (χ2n) is 5.50. The van der Waals surface area contributed by atoms with Gasteiger partial charge in [0, 0.05) is 22.3 Å². The zero-order valence-corrected chi connectivity index (χ0v) is 13.5. The van der Waals surface area contributed by atoms with E-state index >= 15 is 0 Å². The van der Waals surface area contributed by atoms with Crippen LogP contribution in [0.25, 0.3) is 11.1 Å². The van der Waals surface area contributed by atoms with Crippen molar-refractivity contribution in [1.29, 1.82) is 0 Å². The predicted molar refractivity (Wildman–Crippen MR) is 88.0 cm³/mol. The second-order valence-corrected chi connectivity index (χ2v) is 6.42. The number of hydrogen-bond acceptors (Lipinski definition) is 3. The van der Waals surface area contributed by atoms with E-state index in [4.69, 9.17) is 10.5 Å². The number of ether oxygens (including phenoxy) is 1. The Balaban J connectivity index is 1.77. The summed E-state index contributed by atoms with van der Waals surface area (Å²) in [4.78, 5) is 0. The van der Waals surface area contributed by atoms with Gasteiger partial charge in [-0.05, 0) is 49.8 Å². The van der Waals surface area contributed by atoms with Crippen LogP contribution in [-0.4, -0.2) is 22.9 Å². The van der Waals surface area contributed by atoms with Gasteiger partial charge in [-0.15, -0.1) is 0 Å². The van der Waals surface area contributed by atoms with Crippen LogP contribution in [0.4, 0.5) is 5.82 Å². The Morgan fingerprint density at radius 1 is 1.38 bits per heavy atom. The molecule has 21 heavy (non-hydrogen) atoms. The molecule has 1 aromatic heterocycles. The number of anilines is 1. The molecule has 2 aromatic rings. The molecule has 1 fully saturated rings. The molecule has 0 saturated carbocycles. The molecular formula is C16H20BrN3O.